The van der Waals surface area contributed by atoms with Gasteiger partial charge in [0, 0.05) is 32.7 Å². The topological polar surface area (TPSA) is 26.7 Å². The minimum Gasteiger partial charge on any atom is -0.387 e. The zero-order chi connectivity index (χ0) is 13.0. The molecule has 0 spiro atoms. The number of rotatable bonds is 4. The van der Waals surface area contributed by atoms with Crippen LogP contribution in [-0.4, -0.2) is 54.2 Å². The Morgan fingerprint density at radius 3 is 2.44 bits per heavy atom. The van der Waals surface area contributed by atoms with E-state index >= 15 is 0 Å². The summed E-state index contributed by atoms with van der Waals surface area (Å²) in [4.78, 5) is 4.81. The van der Waals surface area contributed by atoms with Crippen LogP contribution in [-0.2, 0) is 0 Å². The molecule has 1 aromatic carbocycles. The van der Waals surface area contributed by atoms with E-state index in [9.17, 15) is 5.11 Å². The van der Waals surface area contributed by atoms with Gasteiger partial charge < -0.3 is 10.0 Å². The summed E-state index contributed by atoms with van der Waals surface area (Å²) in [5.74, 6) is 0. The molecule has 1 N–H and O–H groups in total. The highest BCUT2D eigenvalue weighted by Crippen LogP contribution is 2.16. The maximum absolute atomic E-state index is 10.3. The standard InChI is InChI=1S/C15H24N2O/c1-3-16-7-9-17(10-8-16)12-15(18)14-6-4-5-13(2)11-14/h4-6,11,15,18H,3,7-10,12H2,1-2H3. The van der Waals surface area contributed by atoms with Gasteiger partial charge in [-0.05, 0) is 19.0 Å². The quantitative estimate of drug-likeness (QED) is 0.878. The van der Waals surface area contributed by atoms with Crippen molar-refractivity contribution in [3.05, 3.63) is 35.4 Å². The molecule has 2 rings (SSSR count). The highest BCUT2D eigenvalue weighted by Gasteiger charge is 2.18. The van der Waals surface area contributed by atoms with Gasteiger partial charge in [-0.25, -0.2) is 0 Å². The van der Waals surface area contributed by atoms with Crippen LogP contribution in [0.25, 0.3) is 0 Å². The molecule has 0 saturated carbocycles. The molecule has 0 amide bonds. The van der Waals surface area contributed by atoms with Crippen molar-refractivity contribution in [2.45, 2.75) is 20.0 Å². The monoisotopic (exact) mass is 248 g/mol. The van der Waals surface area contributed by atoms with E-state index in [1.165, 1.54) is 5.56 Å². The number of likely N-dealkylation sites (N-methyl/N-ethyl adjacent to an activating group) is 1. The summed E-state index contributed by atoms with van der Waals surface area (Å²) in [7, 11) is 0. The Bertz CT molecular complexity index is 373. The summed E-state index contributed by atoms with van der Waals surface area (Å²) in [5.41, 5.74) is 2.25. The maximum Gasteiger partial charge on any atom is 0.0917 e. The Morgan fingerprint density at radius 2 is 1.83 bits per heavy atom. The second-order valence-corrected chi connectivity index (χ2v) is 5.16. The maximum atomic E-state index is 10.3. The van der Waals surface area contributed by atoms with Gasteiger partial charge in [-0.2, -0.15) is 0 Å². The number of nitrogens with zero attached hydrogens (tertiary/aromatic N) is 2. The lowest BCUT2D eigenvalue weighted by Crippen LogP contribution is -2.47. The van der Waals surface area contributed by atoms with Gasteiger partial charge in [0.2, 0.25) is 0 Å². The molecule has 1 aliphatic rings. The molecule has 1 aliphatic heterocycles. The predicted molar refractivity (Wildman–Crippen MR) is 74.7 cm³/mol. The molecule has 3 heteroatoms. The van der Waals surface area contributed by atoms with Gasteiger partial charge in [-0.3, -0.25) is 4.90 Å². The summed E-state index contributed by atoms with van der Waals surface area (Å²) in [5, 5.41) is 10.3. The normalized spacial score (nSPS) is 19.9. The molecule has 100 valence electrons. The molecule has 18 heavy (non-hydrogen) atoms. The third-order valence-corrected chi connectivity index (χ3v) is 3.77. The molecule has 1 atom stereocenters. The Kier molecular flexibility index (Phi) is 4.75. The van der Waals surface area contributed by atoms with Crippen molar-refractivity contribution in [1.29, 1.82) is 0 Å². The first kappa shape index (κ1) is 13.5. The lowest BCUT2D eigenvalue weighted by molar-refractivity contribution is 0.0744. The van der Waals surface area contributed by atoms with Gasteiger partial charge in [-0.15, -0.1) is 0 Å². The second kappa shape index (κ2) is 6.32. The van der Waals surface area contributed by atoms with Crippen LogP contribution in [0.2, 0.25) is 0 Å². The molecule has 3 nitrogen and oxygen atoms in total. The van der Waals surface area contributed by atoms with Crippen molar-refractivity contribution in [1.82, 2.24) is 9.80 Å². The second-order valence-electron chi connectivity index (χ2n) is 5.16. The third kappa shape index (κ3) is 3.55. The van der Waals surface area contributed by atoms with E-state index in [2.05, 4.69) is 35.8 Å². The van der Waals surface area contributed by atoms with Crippen LogP contribution < -0.4 is 0 Å². The number of aliphatic hydroxyl groups is 1. The van der Waals surface area contributed by atoms with Crippen LogP contribution in [0, 0.1) is 6.92 Å². The Morgan fingerprint density at radius 1 is 1.17 bits per heavy atom. The lowest BCUT2D eigenvalue weighted by atomic mass is 10.1. The van der Waals surface area contributed by atoms with E-state index in [4.69, 9.17) is 0 Å². The van der Waals surface area contributed by atoms with E-state index in [-0.39, 0.29) is 6.10 Å². The summed E-state index contributed by atoms with van der Waals surface area (Å²) in [6.07, 6.45) is -0.363. The van der Waals surface area contributed by atoms with Crippen LogP contribution in [0.15, 0.2) is 24.3 Å². The molecule has 1 saturated heterocycles. The average Bonchev–Trinajstić information content (AvgIpc) is 2.39. The lowest BCUT2D eigenvalue weighted by Gasteiger charge is -2.35. The van der Waals surface area contributed by atoms with E-state index < -0.39 is 0 Å². The van der Waals surface area contributed by atoms with Crippen LogP contribution in [0.5, 0.6) is 0 Å². The van der Waals surface area contributed by atoms with E-state index in [1.54, 1.807) is 0 Å². The largest absolute Gasteiger partial charge is 0.387 e. The average molecular weight is 248 g/mol. The molecule has 1 heterocycles. The minimum atomic E-state index is -0.363. The summed E-state index contributed by atoms with van der Waals surface area (Å²) >= 11 is 0. The molecule has 0 bridgehead atoms. The number of aliphatic hydroxyl groups excluding tert-OH is 1. The van der Waals surface area contributed by atoms with Crippen LogP contribution in [0.4, 0.5) is 0 Å². The zero-order valence-electron chi connectivity index (χ0n) is 11.5. The molecule has 1 aromatic rings. The molecule has 0 aliphatic carbocycles. The number of hydrogen-bond acceptors (Lipinski definition) is 3. The molecule has 1 unspecified atom stereocenters. The number of β-amino-alcohol motifs (C(OH)–C–C–N with tert-alkyl or cyclic N) is 1. The zero-order valence-corrected chi connectivity index (χ0v) is 11.5. The smallest absolute Gasteiger partial charge is 0.0917 e. The van der Waals surface area contributed by atoms with E-state index in [0.717, 1.165) is 44.8 Å². The molecular weight excluding hydrogens is 224 g/mol. The number of benzene rings is 1. The highest BCUT2D eigenvalue weighted by molar-refractivity contribution is 5.24. The van der Waals surface area contributed by atoms with Crippen molar-refractivity contribution in [2.75, 3.05) is 39.3 Å². The Labute approximate surface area is 110 Å². The van der Waals surface area contributed by atoms with Gasteiger partial charge in [0.15, 0.2) is 0 Å². The summed E-state index contributed by atoms with van der Waals surface area (Å²) in [6, 6.07) is 8.17. The van der Waals surface area contributed by atoms with Gasteiger partial charge in [0.1, 0.15) is 0 Å². The fourth-order valence-corrected chi connectivity index (χ4v) is 2.52. The van der Waals surface area contributed by atoms with Gasteiger partial charge in [0.25, 0.3) is 0 Å². The molecule has 1 fully saturated rings. The van der Waals surface area contributed by atoms with Gasteiger partial charge >= 0.3 is 0 Å². The Balaban J connectivity index is 1.86. The van der Waals surface area contributed by atoms with Crippen LogP contribution in [0.1, 0.15) is 24.2 Å². The minimum absolute atomic E-state index is 0.363. The fourth-order valence-electron chi connectivity index (χ4n) is 2.52. The van der Waals surface area contributed by atoms with Crippen molar-refractivity contribution in [3.63, 3.8) is 0 Å². The molecule has 0 radical (unpaired) electrons. The number of piperazine rings is 1. The number of aryl methyl sites for hydroxylation is 1. The highest BCUT2D eigenvalue weighted by atomic mass is 16.3. The predicted octanol–water partition coefficient (Wildman–Crippen LogP) is 1.67. The first-order chi connectivity index (χ1) is 8.69. The van der Waals surface area contributed by atoms with Crippen molar-refractivity contribution in [3.8, 4) is 0 Å². The number of hydrogen-bond donors (Lipinski definition) is 1. The summed E-state index contributed by atoms with van der Waals surface area (Å²) in [6.45, 7) is 10.5. The van der Waals surface area contributed by atoms with Crippen molar-refractivity contribution >= 4 is 0 Å². The van der Waals surface area contributed by atoms with Crippen molar-refractivity contribution < 1.29 is 5.11 Å². The van der Waals surface area contributed by atoms with Gasteiger partial charge in [-0.1, -0.05) is 36.8 Å². The SMILES string of the molecule is CCN1CCN(CC(O)c2cccc(C)c2)CC1. The Hall–Kier alpha value is -0.900. The first-order valence-electron chi connectivity index (χ1n) is 6.88. The first-order valence-corrected chi connectivity index (χ1v) is 6.88. The molecular formula is C15H24N2O. The summed E-state index contributed by atoms with van der Waals surface area (Å²) < 4.78 is 0. The third-order valence-electron chi connectivity index (χ3n) is 3.77. The van der Waals surface area contributed by atoms with E-state index in [1.807, 2.05) is 12.1 Å². The van der Waals surface area contributed by atoms with Crippen LogP contribution >= 0.6 is 0 Å². The fraction of sp³-hybridized carbons (Fsp3) is 0.600. The van der Waals surface area contributed by atoms with Gasteiger partial charge in [0.05, 0.1) is 6.10 Å². The molecule has 0 aromatic heterocycles. The van der Waals surface area contributed by atoms with Crippen molar-refractivity contribution in [2.24, 2.45) is 0 Å². The van der Waals surface area contributed by atoms with Crippen LogP contribution in [0.3, 0.4) is 0 Å². The van der Waals surface area contributed by atoms with E-state index in [0.29, 0.717) is 0 Å².